The van der Waals surface area contributed by atoms with Crippen LogP contribution in [0.4, 0.5) is 0 Å². The summed E-state index contributed by atoms with van der Waals surface area (Å²) in [7, 11) is 0. The molecule has 1 aliphatic carbocycles. The monoisotopic (exact) mass is 169 g/mol. The Balaban J connectivity index is 0.000000640. The summed E-state index contributed by atoms with van der Waals surface area (Å²) in [6, 6.07) is 0.381. The van der Waals surface area contributed by atoms with E-state index in [9.17, 15) is 0 Å². The van der Waals surface area contributed by atoms with Crippen molar-refractivity contribution in [1.29, 1.82) is 0 Å². The maximum absolute atomic E-state index is 5.83. The molecule has 0 unspecified atom stereocenters. The molecule has 0 spiro atoms. The molecule has 9 heavy (non-hydrogen) atoms. The third-order valence-corrected chi connectivity index (χ3v) is 2.05. The molecule has 1 fully saturated rings. The molecule has 0 aromatic carbocycles. The SMILES string of the molecule is Cl.N[C@H]1CCC[C@@H](Cl)C1. The number of nitrogens with two attached hydrogens (primary N) is 1. The molecule has 0 heterocycles. The van der Waals surface area contributed by atoms with Gasteiger partial charge in [-0.15, -0.1) is 24.0 Å². The molecule has 1 saturated carbocycles. The Bertz CT molecular complexity index is 69.5. The normalized spacial score (nSPS) is 35.3. The molecule has 2 N–H and O–H groups in total. The molecular weight excluding hydrogens is 157 g/mol. The average Bonchev–Trinajstić information content (AvgIpc) is 1.64. The Morgan fingerprint density at radius 2 is 2.00 bits per heavy atom. The first-order chi connectivity index (χ1) is 3.79. The third-order valence-electron chi connectivity index (χ3n) is 1.65. The van der Waals surface area contributed by atoms with Crippen LogP contribution >= 0.6 is 24.0 Å². The highest BCUT2D eigenvalue weighted by molar-refractivity contribution is 6.20. The fraction of sp³-hybridized carbons (Fsp3) is 1.00. The summed E-state index contributed by atoms with van der Waals surface area (Å²) in [4.78, 5) is 0. The molecular formula is C6H13Cl2N. The molecule has 1 aliphatic rings. The van der Waals surface area contributed by atoms with Gasteiger partial charge >= 0.3 is 0 Å². The lowest BCUT2D eigenvalue weighted by atomic mass is 9.96. The van der Waals surface area contributed by atoms with Crippen molar-refractivity contribution < 1.29 is 0 Å². The average molecular weight is 170 g/mol. The van der Waals surface area contributed by atoms with Gasteiger partial charge in [0.1, 0.15) is 0 Å². The molecule has 0 aromatic heterocycles. The summed E-state index contributed by atoms with van der Waals surface area (Å²) in [6.45, 7) is 0. The summed E-state index contributed by atoms with van der Waals surface area (Å²) >= 11 is 5.83. The number of alkyl halides is 1. The highest BCUT2D eigenvalue weighted by Crippen LogP contribution is 2.20. The zero-order valence-corrected chi connectivity index (χ0v) is 6.92. The second-order valence-corrected chi connectivity index (χ2v) is 3.14. The van der Waals surface area contributed by atoms with Gasteiger partial charge in [0.2, 0.25) is 0 Å². The Morgan fingerprint density at radius 3 is 2.33 bits per heavy atom. The van der Waals surface area contributed by atoms with Crippen LogP contribution in [0.15, 0.2) is 0 Å². The molecule has 1 rings (SSSR count). The van der Waals surface area contributed by atoms with E-state index in [2.05, 4.69) is 0 Å². The second-order valence-electron chi connectivity index (χ2n) is 2.52. The van der Waals surface area contributed by atoms with Crippen molar-refractivity contribution >= 4 is 24.0 Å². The lowest BCUT2D eigenvalue weighted by molar-refractivity contribution is 0.447. The molecule has 0 amide bonds. The minimum Gasteiger partial charge on any atom is -0.328 e. The summed E-state index contributed by atoms with van der Waals surface area (Å²) in [5.41, 5.74) is 5.64. The van der Waals surface area contributed by atoms with Crippen LogP contribution < -0.4 is 5.73 Å². The van der Waals surface area contributed by atoms with E-state index >= 15 is 0 Å². The highest BCUT2D eigenvalue weighted by Gasteiger charge is 2.15. The van der Waals surface area contributed by atoms with Crippen LogP contribution in [0, 0.1) is 0 Å². The predicted octanol–water partition coefficient (Wildman–Crippen LogP) is 1.92. The van der Waals surface area contributed by atoms with Crippen molar-refractivity contribution in [2.45, 2.75) is 37.1 Å². The van der Waals surface area contributed by atoms with E-state index in [0.29, 0.717) is 11.4 Å². The van der Waals surface area contributed by atoms with E-state index in [1.54, 1.807) is 0 Å². The van der Waals surface area contributed by atoms with Crippen molar-refractivity contribution in [2.24, 2.45) is 5.73 Å². The zero-order valence-electron chi connectivity index (χ0n) is 5.35. The molecule has 0 bridgehead atoms. The van der Waals surface area contributed by atoms with Gasteiger partial charge in [-0.1, -0.05) is 6.42 Å². The molecule has 0 radical (unpaired) electrons. The largest absolute Gasteiger partial charge is 0.328 e. The molecule has 0 saturated heterocycles. The second kappa shape index (κ2) is 4.37. The number of hydrogen-bond donors (Lipinski definition) is 1. The van der Waals surface area contributed by atoms with Gasteiger partial charge in [0.25, 0.3) is 0 Å². The maximum atomic E-state index is 5.83. The van der Waals surface area contributed by atoms with Crippen LogP contribution in [-0.2, 0) is 0 Å². The highest BCUT2D eigenvalue weighted by atomic mass is 35.5. The summed E-state index contributed by atoms with van der Waals surface area (Å²) in [5, 5.41) is 0.360. The van der Waals surface area contributed by atoms with E-state index < -0.39 is 0 Å². The van der Waals surface area contributed by atoms with Crippen molar-refractivity contribution in [1.82, 2.24) is 0 Å². The minimum absolute atomic E-state index is 0. The number of rotatable bonds is 0. The maximum Gasteiger partial charge on any atom is 0.0350 e. The van der Waals surface area contributed by atoms with Crippen LogP contribution in [0.2, 0.25) is 0 Å². The van der Waals surface area contributed by atoms with Crippen LogP contribution in [0.25, 0.3) is 0 Å². The van der Waals surface area contributed by atoms with Crippen molar-refractivity contribution in [3.8, 4) is 0 Å². The topological polar surface area (TPSA) is 26.0 Å². The zero-order chi connectivity index (χ0) is 5.98. The molecule has 1 nitrogen and oxygen atoms in total. The fourth-order valence-electron chi connectivity index (χ4n) is 1.17. The number of hydrogen-bond acceptors (Lipinski definition) is 1. The Labute approximate surface area is 67.4 Å². The summed E-state index contributed by atoms with van der Waals surface area (Å²) in [5.74, 6) is 0. The van der Waals surface area contributed by atoms with E-state index in [-0.39, 0.29) is 12.4 Å². The van der Waals surface area contributed by atoms with Crippen LogP contribution in [0.1, 0.15) is 25.7 Å². The van der Waals surface area contributed by atoms with Gasteiger partial charge in [-0.3, -0.25) is 0 Å². The van der Waals surface area contributed by atoms with Crippen molar-refractivity contribution in [3.05, 3.63) is 0 Å². The van der Waals surface area contributed by atoms with Crippen molar-refractivity contribution in [3.63, 3.8) is 0 Å². The van der Waals surface area contributed by atoms with Crippen LogP contribution in [-0.4, -0.2) is 11.4 Å². The molecule has 0 aromatic rings. The van der Waals surface area contributed by atoms with Gasteiger partial charge < -0.3 is 5.73 Å². The van der Waals surface area contributed by atoms with Gasteiger partial charge in [-0.05, 0) is 19.3 Å². The molecule has 3 heteroatoms. The molecule has 56 valence electrons. The van der Waals surface area contributed by atoms with Gasteiger partial charge in [0.15, 0.2) is 0 Å². The summed E-state index contributed by atoms with van der Waals surface area (Å²) < 4.78 is 0. The predicted molar refractivity (Wildman–Crippen MR) is 43.3 cm³/mol. The smallest absolute Gasteiger partial charge is 0.0350 e. The first kappa shape index (κ1) is 9.54. The quantitative estimate of drug-likeness (QED) is 0.552. The van der Waals surface area contributed by atoms with Gasteiger partial charge in [-0.2, -0.15) is 0 Å². The number of halogens is 2. The van der Waals surface area contributed by atoms with Crippen LogP contribution in [0.3, 0.4) is 0 Å². The lowest BCUT2D eigenvalue weighted by Gasteiger charge is -2.21. The Hall–Kier alpha value is 0.540. The van der Waals surface area contributed by atoms with E-state index in [4.69, 9.17) is 17.3 Å². The van der Waals surface area contributed by atoms with Gasteiger partial charge in [0.05, 0.1) is 0 Å². The lowest BCUT2D eigenvalue weighted by Crippen LogP contribution is -2.27. The Kier molecular flexibility index (Phi) is 4.63. The molecule has 2 atom stereocenters. The van der Waals surface area contributed by atoms with Crippen molar-refractivity contribution in [2.75, 3.05) is 0 Å². The summed E-state index contributed by atoms with van der Waals surface area (Å²) in [6.07, 6.45) is 4.56. The van der Waals surface area contributed by atoms with Crippen LogP contribution in [0.5, 0.6) is 0 Å². The van der Waals surface area contributed by atoms with Gasteiger partial charge in [-0.25, -0.2) is 0 Å². The Morgan fingerprint density at radius 1 is 1.33 bits per heavy atom. The first-order valence-corrected chi connectivity index (χ1v) is 3.62. The standard InChI is InChI=1S/C6H12ClN.ClH/c7-5-2-1-3-6(8)4-5;/h5-6H,1-4,8H2;1H/t5-,6+;/m1./s1. The fourth-order valence-corrected chi connectivity index (χ4v) is 1.55. The minimum atomic E-state index is 0. The van der Waals surface area contributed by atoms with E-state index in [1.165, 1.54) is 12.8 Å². The van der Waals surface area contributed by atoms with E-state index in [1.807, 2.05) is 0 Å². The third kappa shape index (κ3) is 3.29. The first-order valence-electron chi connectivity index (χ1n) is 3.18. The van der Waals surface area contributed by atoms with Gasteiger partial charge in [0, 0.05) is 11.4 Å². The molecule has 0 aliphatic heterocycles. The van der Waals surface area contributed by atoms with E-state index in [0.717, 1.165) is 12.8 Å².